The van der Waals surface area contributed by atoms with E-state index in [9.17, 15) is 17.6 Å². The monoisotopic (exact) mass is 670 g/mol. The van der Waals surface area contributed by atoms with Crippen LogP contribution in [0.3, 0.4) is 0 Å². The van der Waals surface area contributed by atoms with Crippen LogP contribution in [0.25, 0.3) is 11.1 Å². The van der Waals surface area contributed by atoms with Crippen LogP contribution < -0.4 is 4.74 Å². The van der Waals surface area contributed by atoms with Crippen molar-refractivity contribution in [1.29, 1.82) is 0 Å². The Balaban J connectivity index is 1.10. The van der Waals surface area contributed by atoms with E-state index in [-0.39, 0.29) is 22.8 Å². The molecule has 0 amide bonds. The van der Waals surface area contributed by atoms with E-state index in [0.717, 1.165) is 49.9 Å². The summed E-state index contributed by atoms with van der Waals surface area (Å²) in [6, 6.07) is 4.94. The smallest absolute Gasteiger partial charge is 0.429 e. The third kappa shape index (κ3) is 6.61. The van der Waals surface area contributed by atoms with Crippen LogP contribution in [0, 0.1) is 46.2 Å². The Bertz CT molecular complexity index is 1550. The Kier molecular flexibility index (Phi) is 9.32. The van der Waals surface area contributed by atoms with Crippen LogP contribution in [0.15, 0.2) is 42.5 Å². The molecule has 1 saturated carbocycles. The second-order valence-corrected chi connectivity index (χ2v) is 12.8. The Morgan fingerprint density at radius 1 is 0.745 bits per heavy atom. The number of rotatable bonds is 10. The molecule has 3 aromatic rings. The van der Waals surface area contributed by atoms with Crippen molar-refractivity contribution in [2.45, 2.75) is 76.3 Å². The quantitative estimate of drug-likeness (QED) is 0.122. The van der Waals surface area contributed by atoms with Gasteiger partial charge in [-0.2, -0.15) is 8.78 Å². The summed E-state index contributed by atoms with van der Waals surface area (Å²) in [6.45, 7) is 3.80. The molecule has 0 unspecified atom stereocenters. The molecule has 47 heavy (non-hydrogen) atoms. The van der Waals surface area contributed by atoms with Crippen LogP contribution >= 0.6 is 0 Å². The first-order valence-electron chi connectivity index (χ1n) is 15.8. The Labute approximate surface area is 267 Å². The molecular weight excluding hydrogens is 636 g/mol. The maximum absolute atomic E-state index is 15.1. The average molecular weight is 671 g/mol. The number of fused-ring (bicyclic) bond motifs is 3. The van der Waals surface area contributed by atoms with Gasteiger partial charge in [0.1, 0.15) is 28.8 Å². The lowest BCUT2D eigenvalue weighted by molar-refractivity contribution is -0.488. The fourth-order valence-electron chi connectivity index (χ4n) is 6.92. The zero-order valence-electron chi connectivity index (χ0n) is 25.6. The van der Waals surface area contributed by atoms with Gasteiger partial charge in [-0.05, 0) is 85.5 Å². The summed E-state index contributed by atoms with van der Waals surface area (Å²) in [6.07, 6.45) is 1.90. The topological polar surface area (TPSA) is 36.9 Å². The van der Waals surface area contributed by atoms with Gasteiger partial charge in [-0.3, -0.25) is 0 Å². The number of ether oxygens (including phenoxy) is 4. The molecule has 0 radical (unpaired) electrons. The fourth-order valence-corrected chi connectivity index (χ4v) is 6.92. The third-order valence-electron chi connectivity index (χ3n) is 9.58. The maximum atomic E-state index is 15.1. The van der Waals surface area contributed by atoms with Crippen molar-refractivity contribution in [2.75, 3.05) is 19.8 Å². The van der Waals surface area contributed by atoms with E-state index in [2.05, 4.69) is 11.7 Å². The molecule has 3 heterocycles. The van der Waals surface area contributed by atoms with Crippen LogP contribution in [-0.2, 0) is 20.3 Å². The number of alkyl halides is 2. The highest BCUT2D eigenvalue weighted by Gasteiger charge is 2.56. The second-order valence-electron chi connectivity index (χ2n) is 12.8. The van der Waals surface area contributed by atoms with Gasteiger partial charge in [0, 0.05) is 23.0 Å². The van der Waals surface area contributed by atoms with Gasteiger partial charge in [0.2, 0.25) is 0 Å². The van der Waals surface area contributed by atoms with Gasteiger partial charge < -0.3 is 18.9 Å². The maximum Gasteiger partial charge on any atom is 0.432 e. The van der Waals surface area contributed by atoms with Gasteiger partial charge in [-0.25, -0.2) is 26.3 Å². The van der Waals surface area contributed by atoms with Crippen LogP contribution in [-0.4, -0.2) is 25.8 Å². The van der Waals surface area contributed by atoms with Crippen LogP contribution in [0.1, 0.15) is 75.3 Å². The van der Waals surface area contributed by atoms with Crippen LogP contribution in [0.4, 0.5) is 35.1 Å². The first-order chi connectivity index (χ1) is 22.4. The van der Waals surface area contributed by atoms with E-state index in [1.165, 1.54) is 0 Å². The minimum atomic E-state index is -4.55. The molecule has 4 fully saturated rings. The predicted octanol–water partition coefficient (Wildman–Crippen LogP) is 9.89. The van der Waals surface area contributed by atoms with E-state index in [1.807, 2.05) is 0 Å². The highest BCUT2D eigenvalue weighted by Crippen LogP contribution is 2.50. The van der Waals surface area contributed by atoms with Gasteiger partial charge in [0.25, 0.3) is 5.97 Å². The molecule has 3 aromatic carbocycles. The largest absolute Gasteiger partial charge is 0.432 e. The second kappa shape index (κ2) is 13.0. The summed E-state index contributed by atoms with van der Waals surface area (Å²) >= 11 is 0. The van der Waals surface area contributed by atoms with Crippen molar-refractivity contribution in [3.63, 3.8) is 0 Å². The molecule has 2 bridgehead atoms. The average Bonchev–Trinajstić information content (AvgIpc) is 3.04. The number of hydrogen-bond acceptors (Lipinski definition) is 4. The summed E-state index contributed by atoms with van der Waals surface area (Å²) in [5.74, 6) is -11.6. The standard InChI is InChI=1S/C35H34F8O4/c1-2-3-4-11-33-17-44-35(45-18-33,46-19-33)23-7-5-20(6-8-23)21-12-27(37)31(28(38)13-21)34(42,43)47-24-9-10-25(26(36)16-24)22-14-29(39)32(41)30(40)15-22/h9-10,12-16,20,23H,2-8,11,17-19H2,1H3. The van der Waals surface area contributed by atoms with Gasteiger partial charge in [-0.1, -0.05) is 26.2 Å². The van der Waals surface area contributed by atoms with Crippen LogP contribution in [0.5, 0.6) is 5.75 Å². The van der Waals surface area contributed by atoms with Gasteiger partial charge in [0.05, 0.1) is 19.8 Å². The summed E-state index contributed by atoms with van der Waals surface area (Å²) in [5.41, 5.74) is -2.41. The number of halogens is 8. The minimum Gasteiger partial charge on any atom is -0.429 e. The van der Waals surface area contributed by atoms with Crippen molar-refractivity contribution < 1.29 is 54.1 Å². The molecule has 7 rings (SSSR count). The van der Waals surface area contributed by atoms with Gasteiger partial charge >= 0.3 is 6.11 Å². The molecule has 0 N–H and O–H groups in total. The van der Waals surface area contributed by atoms with E-state index in [1.54, 1.807) is 0 Å². The predicted molar refractivity (Wildman–Crippen MR) is 154 cm³/mol. The van der Waals surface area contributed by atoms with E-state index in [4.69, 9.17) is 14.2 Å². The fraction of sp³-hybridized carbons (Fsp3) is 0.486. The lowest BCUT2D eigenvalue weighted by atomic mass is 9.76. The molecule has 3 saturated heterocycles. The molecule has 1 aliphatic carbocycles. The zero-order valence-corrected chi connectivity index (χ0v) is 25.6. The van der Waals surface area contributed by atoms with Gasteiger partial charge in [0.15, 0.2) is 17.5 Å². The van der Waals surface area contributed by atoms with E-state index in [0.29, 0.717) is 63.7 Å². The summed E-state index contributed by atoms with van der Waals surface area (Å²) in [4.78, 5) is 0. The normalized spacial score (nSPS) is 26.1. The summed E-state index contributed by atoms with van der Waals surface area (Å²) in [5, 5.41) is 0. The van der Waals surface area contributed by atoms with Crippen molar-refractivity contribution in [2.24, 2.45) is 11.3 Å². The Morgan fingerprint density at radius 2 is 1.34 bits per heavy atom. The molecule has 0 aromatic heterocycles. The van der Waals surface area contributed by atoms with Crippen molar-refractivity contribution in [3.8, 4) is 16.9 Å². The SMILES string of the molecule is CCCCCC12COC(C3CCC(c4cc(F)c(C(F)(F)Oc5ccc(-c6cc(F)c(F)c(F)c6)c(F)c5)c(F)c4)CC3)(OC1)OC2. The molecule has 4 nitrogen and oxygen atoms in total. The third-order valence-corrected chi connectivity index (χ3v) is 9.58. The molecule has 254 valence electrons. The van der Waals surface area contributed by atoms with E-state index < -0.39 is 69.4 Å². The first kappa shape index (κ1) is 33.7. The summed E-state index contributed by atoms with van der Waals surface area (Å²) in [7, 11) is 0. The van der Waals surface area contributed by atoms with E-state index >= 15 is 17.6 Å². The molecule has 12 heteroatoms. The summed E-state index contributed by atoms with van der Waals surface area (Å²) < 4.78 is 139. The lowest BCUT2D eigenvalue weighted by Crippen LogP contribution is -2.63. The minimum absolute atomic E-state index is 0.0905. The zero-order chi connectivity index (χ0) is 33.6. The number of hydrogen-bond donors (Lipinski definition) is 0. The highest BCUT2D eigenvalue weighted by molar-refractivity contribution is 5.65. The Morgan fingerprint density at radius 3 is 1.89 bits per heavy atom. The van der Waals surface area contributed by atoms with Crippen LogP contribution in [0.2, 0.25) is 0 Å². The molecule has 3 aliphatic heterocycles. The van der Waals surface area contributed by atoms with Crippen molar-refractivity contribution in [1.82, 2.24) is 0 Å². The van der Waals surface area contributed by atoms with Gasteiger partial charge in [-0.15, -0.1) is 0 Å². The lowest BCUT2D eigenvalue weighted by Gasteiger charge is -2.55. The Hall–Kier alpha value is -3.22. The molecule has 0 spiro atoms. The first-order valence-corrected chi connectivity index (χ1v) is 15.8. The molecular formula is C35H34F8O4. The highest BCUT2D eigenvalue weighted by atomic mass is 19.3. The number of unbranched alkanes of at least 4 members (excludes halogenated alkanes) is 2. The number of benzene rings is 3. The molecule has 0 atom stereocenters. The molecule has 4 aliphatic rings. The van der Waals surface area contributed by atoms with Crippen molar-refractivity contribution in [3.05, 3.63) is 88.5 Å². The van der Waals surface area contributed by atoms with Crippen molar-refractivity contribution >= 4 is 0 Å².